The SMILES string of the molecule is CCOC(=O)c1c(-c2ccc(Cl)cc2)c(C)cn1-c1cnccn1. The van der Waals surface area contributed by atoms with Gasteiger partial charge in [-0.05, 0) is 37.1 Å². The van der Waals surface area contributed by atoms with Gasteiger partial charge in [0, 0.05) is 29.2 Å². The summed E-state index contributed by atoms with van der Waals surface area (Å²) in [6.07, 6.45) is 6.64. The van der Waals surface area contributed by atoms with E-state index in [4.69, 9.17) is 16.3 Å². The molecule has 122 valence electrons. The van der Waals surface area contributed by atoms with Gasteiger partial charge >= 0.3 is 5.97 Å². The molecule has 24 heavy (non-hydrogen) atoms. The molecule has 0 saturated carbocycles. The van der Waals surface area contributed by atoms with Crippen molar-refractivity contribution in [3.8, 4) is 16.9 Å². The third-order valence-electron chi connectivity index (χ3n) is 3.59. The fourth-order valence-corrected chi connectivity index (χ4v) is 2.73. The van der Waals surface area contributed by atoms with Crippen LogP contribution in [0.4, 0.5) is 0 Å². The summed E-state index contributed by atoms with van der Waals surface area (Å²) in [6.45, 7) is 4.02. The number of halogens is 1. The molecule has 1 aromatic carbocycles. The van der Waals surface area contributed by atoms with Crippen LogP contribution in [0.15, 0.2) is 49.1 Å². The van der Waals surface area contributed by atoms with E-state index >= 15 is 0 Å². The molecule has 2 aromatic heterocycles. The number of hydrogen-bond acceptors (Lipinski definition) is 4. The van der Waals surface area contributed by atoms with Crippen LogP contribution in [0.5, 0.6) is 0 Å². The second-order valence-corrected chi connectivity index (χ2v) is 5.63. The van der Waals surface area contributed by atoms with Crippen molar-refractivity contribution >= 4 is 17.6 Å². The van der Waals surface area contributed by atoms with E-state index in [9.17, 15) is 4.79 Å². The fraction of sp³-hybridized carbons (Fsp3) is 0.167. The first-order valence-electron chi connectivity index (χ1n) is 7.53. The van der Waals surface area contributed by atoms with E-state index in [0.717, 1.165) is 16.7 Å². The highest BCUT2D eigenvalue weighted by Gasteiger charge is 2.23. The predicted molar refractivity (Wildman–Crippen MR) is 92.5 cm³/mol. The van der Waals surface area contributed by atoms with Crippen molar-refractivity contribution < 1.29 is 9.53 Å². The molecule has 3 aromatic rings. The standard InChI is InChI=1S/C18H16ClN3O2/c1-3-24-18(23)17-16(13-4-6-14(19)7-5-13)12(2)11-22(17)15-10-20-8-9-21-15/h4-11H,3H2,1-2H3. The quantitative estimate of drug-likeness (QED) is 0.671. The molecule has 0 N–H and O–H groups in total. The van der Waals surface area contributed by atoms with Crippen molar-refractivity contribution in [3.63, 3.8) is 0 Å². The van der Waals surface area contributed by atoms with Gasteiger partial charge in [-0.2, -0.15) is 0 Å². The fourth-order valence-electron chi connectivity index (χ4n) is 2.61. The van der Waals surface area contributed by atoms with Crippen molar-refractivity contribution in [2.24, 2.45) is 0 Å². The van der Waals surface area contributed by atoms with E-state index in [1.54, 1.807) is 42.2 Å². The Morgan fingerprint density at radius 1 is 1.25 bits per heavy atom. The molecule has 0 atom stereocenters. The van der Waals surface area contributed by atoms with Gasteiger partial charge in [0.1, 0.15) is 5.69 Å². The second kappa shape index (κ2) is 6.84. The van der Waals surface area contributed by atoms with E-state index in [2.05, 4.69) is 9.97 Å². The summed E-state index contributed by atoms with van der Waals surface area (Å²) in [4.78, 5) is 21.0. The van der Waals surface area contributed by atoms with Gasteiger partial charge in [0.25, 0.3) is 0 Å². The van der Waals surface area contributed by atoms with E-state index in [0.29, 0.717) is 23.1 Å². The van der Waals surface area contributed by atoms with Gasteiger partial charge in [0.2, 0.25) is 0 Å². The zero-order valence-electron chi connectivity index (χ0n) is 13.4. The van der Waals surface area contributed by atoms with Crippen LogP contribution < -0.4 is 0 Å². The lowest BCUT2D eigenvalue weighted by Crippen LogP contribution is -2.12. The summed E-state index contributed by atoms with van der Waals surface area (Å²) in [5, 5.41) is 0.641. The first kappa shape index (κ1) is 16.2. The van der Waals surface area contributed by atoms with Crippen molar-refractivity contribution in [2.45, 2.75) is 13.8 Å². The maximum absolute atomic E-state index is 12.6. The smallest absolute Gasteiger partial charge is 0.356 e. The summed E-state index contributed by atoms with van der Waals surface area (Å²) < 4.78 is 6.97. The monoisotopic (exact) mass is 341 g/mol. The molecule has 2 heterocycles. The number of hydrogen-bond donors (Lipinski definition) is 0. The molecule has 0 saturated heterocycles. The molecule has 5 nitrogen and oxygen atoms in total. The highest BCUT2D eigenvalue weighted by atomic mass is 35.5. The number of rotatable bonds is 4. The molecular weight excluding hydrogens is 326 g/mol. The average molecular weight is 342 g/mol. The molecule has 6 heteroatoms. The lowest BCUT2D eigenvalue weighted by atomic mass is 10.0. The Morgan fingerprint density at radius 2 is 2.00 bits per heavy atom. The van der Waals surface area contributed by atoms with Crippen LogP contribution in [0.2, 0.25) is 5.02 Å². The maximum Gasteiger partial charge on any atom is 0.356 e. The molecule has 0 radical (unpaired) electrons. The number of aromatic nitrogens is 3. The number of ether oxygens (including phenoxy) is 1. The molecule has 0 spiro atoms. The van der Waals surface area contributed by atoms with E-state index < -0.39 is 5.97 Å². The molecule has 0 aliphatic rings. The normalized spacial score (nSPS) is 10.6. The third-order valence-corrected chi connectivity index (χ3v) is 3.84. The summed E-state index contributed by atoms with van der Waals surface area (Å²) >= 11 is 5.98. The number of aryl methyl sites for hydroxylation is 1. The number of nitrogens with zero attached hydrogens (tertiary/aromatic N) is 3. The van der Waals surface area contributed by atoms with Crippen LogP contribution in [0.1, 0.15) is 23.0 Å². The van der Waals surface area contributed by atoms with Gasteiger partial charge in [-0.3, -0.25) is 9.55 Å². The Balaban J connectivity index is 2.23. The van der Waals surface area contributed by atoms with Crippen LogP contribution in [0, 0.1) is 6.92 Å². The summed E-state index contributed by atoms with van der Waals surface area (Å²) in [6, 6.07) is 7.36. The van der Waals surface area contributed by atoms with Crippen molar-refractivity contribution in [3.05, 3.63) is 65.3 Å². The van der Waals surface area contributed by atoms with Gasteiger partial charge in [-0.15, -0.1) is 0 Å². The zero-order chi connectivity index (χ0) is 17.1. The van der Waals surface area contributed by atoms with Crippen LogP contribution >= 0.6 is 11.6 Å². The minimum absolute atomic E-state index is 0.295. The Hall–Kier alpha value is -2.66. The summed E-state index contributed by atoms with van der Waals surface area (Å²) in [7, 11) is 0. The van der Waals surface area contributed by atoms with Crippen LogP contribution in [-0.4, -0.2) is 27.1 Å². The molecule has 0 amide bonds. The number of benzene rings is 1. The highest BCUT2D eigenvalue weighted by molar-refractivity contribution is 6.30. The number of carbonyl (C=O) groups excluding carboxylic acids is 1. The van der Waals surface area contributed by atoms with Crippen LogP contribution in [0.25, 0.3) is 16.9 Å². The highest BCUT2D eigenvalue weighted by Crippen LogP contribution is 2.32. The second-order valence-electron chi connectivity index (χ2n) is 5.20. The van der Waals surface area contributed by atoms with Gasteiger partial charge < -0.3 is 4.74 Å². The van der Waals surface area contributed by atoms with Gasteiger partial charge in [0.15, 0.2) is 5.82 Å². The minimum Gasteiger partial charge on any atom is -0.461 e. The molecule has 0 fully saturated rings. The average Bonchev–Trinajstić information content (AvgIpc) is 2.94. The van der Waals surface area contributed by atoms with Crippen molar-refractivity contribution in [2.75, 3.05) is 6.61 Å². The van der Waals surface area contributed by atoms with Gasteiger partial charge in [-0.1, -0.05) is 23.7 Å². The predicted octanol–water partition coefficient (Wildman–Crippen LogP) is 4.07. The topological polar surface area (TPSA) is 57.0 Å². The molecule has 0 unspecified atom stereocenters. The molecule has 3 rings (SSSR count). The number of carbonyl (C=O) groups is 1. The Kier molecular flexibility index (Phi) is 4.62. The first-order chi connectivity index (χ1) is 11.6. The van der Waals surface area contributed by atoms with E-state index in [1.807, 2.05) is 25.3 Å². The van der Waals surface area contributed by atoms with E-state index in [-0.39, 0.29) is 0 Å². The lowest BCUT2D eigenvalue weighted by molar-refractivity contribution is 0.0518. The van der Waals surface area contributed by atoms with Gasteiger partial charge in [0.05, 0.1) is 12.8 Å². The number of esters is 1. The summed E-state index contributed by atoms with van der Waals surface area (Å²) in [5.74, 6) is 0.157. The van der Waals surface area contributed by atoms with Crippen LogP contribution in [-0.2, 0) is 4.74 Å². The molecule has 0 bridgehead atoms. The zero-order valence-corrected chi connectivity index (χ0v) is 14.1. The Bertz CT molecular complexity index is 858. The van der Waals surface area contributed by atoms with Crippen molar-refractivity contribution in [1.82, 2.24) is 14.5 Å². The summed E-state index contributed by atoms with van der Waals surface area (Å²) in [5.41, 5.74) is 3.06. The van der Waals surface area contributed by atoms with E-state index in [1.165, 1.54) is 0 Å². The van der Waals surface area contributed by atoms with Gasteiger partial charge in [-0.25, -0.2) is 9.78 Å². The third kappa shape index (κ3) is 3.03. The lowest BCUT2D eigenvalue weighted by Gasteiger charge is -2.10. The molecular formula is C18H16ClN3O2. The minimum atomic E-state index is -0.402. The maximum atomic E-state index is 12.6. The van der Waals surface area contributed by atoms with Crippen LogP contribution in [0.3, 0.4) is 0 Å². The molecule has 0 aliphatic carbocycles. The largest absolute Gasteiger partial charge is 0.461 e. The first-order valence-corrected chi connectivity index (χ1v) is 7.91. The molecule has 0 aliphatic heterocycles. The van der Waals surface area contributed by atoms with Crippen molar-refractivity contribution in [1.29, 1.82) is 0 Å². The Labute approximate surface area is 144 Å². The Morgan fingerprint density at radius 3 is 2.62 bits per heavy atom.